The van der Waals surface area contributed by atoms with Crippen LogP contribution in [0.2, 0.25) is 0 Å². The van der Waals surface area contributed by atoms with Gasteiger partial charge in [-0.3, -0.25) is 4.68 Å². The molecule has 1 unspecified atom stereocenters. The quantitative estimate of drug-likeness (QED) is 0.822. The van der Waals surface area contributed by atoms with Crippen molar-refractivity contribution in [2.45, 2.75) is 64.8 Å². The van der Waals surface area contributed by atoms with Crippen LogP contribution in [0.4, 0.5) is 0 Å². The number of hydrogen-bond donors (Lipinski definition) is 1. The van der Waals surface area contributed by atoms with E-state index in [0.29, 0.717) is 6.04 Å². The zero-order chi connectivity index (χ0) is 14.4. The fourth-order valence-electron chi connectivity index (χ4n) is 3.09. The molecule has 0 aromatic carbocycles. The van der Waals surface area contributed by atoms with Gasteiger partial charge in [-0.2, -0.15) is 5.10 Å². The molecule has 1 aromatic heterocycles. The molecule has 1 heterocycles. The van der Waals surface area contributed by atoms with E-state index in [4.69, 9.17) is 0 Å². The van der Waals surface area contributed by atoms with E-state index >= 15 is 0 Å². The predicted octanol–water partition coefficient (Wildman–Crippen LogP) is 4.05. The van der Waals surface area contributed by atoms with Crippen molar-refractivity contribution in [1.82, 2.24) is 15.1 Å². The molecule has 0 saturated heterocycles. The first kappa shape index (κ1) is 15.3. The minimum atomic E-state index is 0.347. The molecule has 0 saturated carbocycles. The Kier molecular flexibility index (Phi) is 5.84. The average Bonchev–Trinajstić information content (AvgIpc) is 2.71. The third-order valence-corrected chi connectivity index (χ3v) is 4.13. The topological polar surface area (TPSA) is 29.9 Å². The zero-order valence-electron chi connectivity index (χ0n) is 13.3. The fourth-order valence-corrected chi connectivity index (χ4v) is 3.09. The number of aryl methyl sites for hydroxylation is 2. The van der Waals surface area contributed by atoms with E-state index in [-0.39, 0.29) is 0 Å². The lowest BCUT2D eigenvalue weighted by Crippen LogP contribution is -2.26. The molecule has 0 bridgehead atoms. The highest BCUT2D eigenvalue weighted by atomic mass is 15.3. The van der Waals surface area contributed by atoms with E-state index in [1.807, 2.05) is 4.68 Å². The smallest absolute Gasteiger partial charge is 0.0707 e. The normalized spacial score (nSPS) is 18.2. The van der Waals surface area contributed by atoms with E-state index in [0.717, 1.165) is 12.2 Å². The lowest BCUT2D eigenvalue weighted by atomic mass is 9.93. The van der Waals surface area contributed by atoms with Gasteiger partial charge in [0, 0.05) is 7.05 Å². The van der Waals surface area contributed by atoms with E-state index in [9.17, 15) is 0 Å². The second-order valence-electron chi connectivity index (χ2n) is 5.95. The molecular formula is C17H29N3. The van der Waals surface area contributed by atoms with Crippen molar-refractivity contribution in [2.75, 3.05) is 6.54 Å². The number of nitrogens with one attached hydrogen (secondary N) is 1. The molecular weight excluding hydrogens is 246 g/mol. The second-order valence-corrected chi connectivity index (χ2v) is 5.95. The van der Waals surface area contributed by atoms with Crippen molar-refractivity contribution in [1.29, 1.82) is 0 Å². The lowest BCUT2D eigenvalue weighted by Gasteiger charge is -2.23. The number of aromatic nitrogens is 2. The molecule has 2 rings (SSSR count). The van der Waals surface area contributed by atoms with E-state index in [1.165, 1.54) is 50.6 Å². The number of rotatable bonds is 5. The van der Waals surface area contributed by atoms with Gasteiger partial charge in [-0.1, -0.05) is 31.4 Å². The van der Waals surface area contributed by atoms with E-state index < -0.39 is 0 Å². The first-order valence-electron chi connectivity index (χ1n) is 8.15. The molecule has 1 aromatic rings. The highest BCUT2D eigenvalue weighted by Gasteiger charge is 2.20. The summed E-state index contributed by atoms with van der Waals surface area (Å²) in [7, 11) is 2.06. The van der Waals surface area contributed by atoms with Gasteiger partial charge in [0.15, 0.2) is 0 Å². The Morgan fingerprint density at radius 2 is 2.10 bits per heavy atom. The molecule has 1 aliphatic rings. The molecule has 1 N–H and O–H groups in total. The highest BCUT2D eigenvalue weighted by Crippen LogP contribution is 2.29. The van der Waals surface area contributed by atoms with Crippen LogP contribution in [0, 0.1) is 6.92 Å². The first-order valence-corrected chi connectivity index (χ1v) is 8.15. The van der Waals surface area contributed by atoms with Gasteiger partial charge >= 0.3 is 0 Å². The monoisotopic (exact) mass is 275 g/mol. The summed E-state index contributed by atoms with van der Waals surface area (Å²) in [6, 6.07) is 2.58. The van der Waals surface area contributed by atoms with Gasteiger partial charge in [0.1, 0.15) is 0 Å². The van der Waals surface area contributed by atoms with E-state index in [1.54, 1.807) is 5.57 Å². The molecule has 20 heavy (non-hydrogen) atoms. The van der Waals surface area contributed by atoms with Gasteiger partial charge in [0.2, 0.25) is 0 Å². The Morgan fingerprint density at radius 3 is 2.80 bits per heavy atom. The summed E-state index contributed by atoms with van der Waals surface area (Å²) in [6.45, 7) is 5.37. The highest BCUT2D eigenvalue weighted by molar-refractivity contribution is 5.25. The summed E-state index contributed by atoms with van der Waals surface area (Å²) in [4.78, 5) is 0. The van der Waals surface area contributed by atoms with Crippen molar-refractivity contribution in [2.24, 2.45) is 7.05 Å². The van der Waals surface area contributed by atoms with Crippen LogP contribution < -0.4 is 5.32 Å². The van der Waals surface area contributed by atoms with Crippen LogP contribution in [0.25, 0.3) is 0 Å². The number of hydrogen-bond acceptors (Lipinski definition) is 2. The van der Waals surface area contributed by atoms with Crippen molar-refractivity contribution >= 4 is 0 Å². The number of nitrogens with zero attached hydrogens (tertiary/aromatic N) is 2. The Balaban J connectivity index is 2.23. The molecule has 1 aliphatic carbocycles. The van der Waals surface area contributed by atoms with Gasteiger partial charge in [-0.25, -0.2) is 0 Å². The summed E-state index contributed by atoms with van der Waals surface area (Å²) in [5.41, 5.74) is 3.99. The van der Waals surface area contributed by atoms with Crippen LogP contribution in [0.3, 0.4) is 0 Å². The van der Waals surface area contributed by atoms with Crippen LogP contribution in [-0.2, 0) is 7.05 Å². The Morgan fingerprint density at radius 1 is 1.30 bits per heavy atom. The van der Waals surface area contributed by atoms with Crippen LogP contribution in [-0.4, -0.2) is 16.3 Å². The molecule has 0 spiro atoms. The maximum atomic E-state index is 4.53. The minimum absolute atomic E-state index is 0.347. The van der Waals surface area contributed by atoms with Crippen molar-refractivity contribution < 1.29 is 0 Å². The van der Waals surface area contributed by atoms with E-state index in [2.05, 4.69) is 43.5 Å². The summed E-state index contributed by atoms with van der Waals surface area (Å²) >= 11 is 0. The molecule has 3 heteroatoms. The minimum Gasteiger partial charge on any atom is -0.305 e. The average molecular weight is 275 g/mol. The van der Waals surface area contributed by atoms with Crippen LogP contribution >= 0.6 is 0 Å². The van der Waals surface area contributed by atoms with Gasteiger partial charge in [0.25, 0.3) is 0 Å². The third kappa shape index (κ3) is 3.95. The molecule has 1 atom stereocenters. The molecule has 0 aliphatic heterocycles. The molecule has 3 nitrogen and oxygen atoms in total. The van der Waals surface area contributed by atoms with Gasteiger partial charge in [-0.15, -0.1) is 0 Å². The molecule has 0 radical (unpaired) electrons. The van der Waals surface area contributed by atoms with Crippen LogP contribution in [0.1, 0.15) is 69.3 Å². The molecule has 112 valence electrons. The molecule has 0 fully saturated rings. The van der Waals surface area contributed by atoms with Gasteiger partial charge in [-0.05, 0) is 51.6 Å². The van der Waals surface area contributed by atoms with Crippen molar-refractivity contribution in [3.8, 4) is 0 Å². The van der Waals surface area contributed by atoms with Crippen LogP contribution in [0.5, 0.6) is 0 Å². The maximum Gasteiger partial charge on any atom is 0.0707 e. The third-order valence-electron chi connectivity index (χ3n) is 4.13. The van der Waals surface area contributed by atoms with Crippen molar-refractivity contribution in [3.05, 3.63) is 29.1 Å². The summed E-state index contributed by atoms with van der Waals surface area (Å²) in [6.07, 6.45) is 11.5. The zero-order valence-corrected chi connectivity index (χ0v) is 13.3. The van der Waals surface area contributed by atoms with Crippen molar-refractivity contribution in [3.63, 3.8) is 0 Å². The fraction of sp³-hybridized carbons (Fsp3) is 0.706. The predicted molar refractivity (Wildman–Crippen MR) is 84.8 cm³/mol. The van der Waals surface area contributed by atoms with Crippen LogP contribution in [0.15, 0.2) is 17.7 Å². The Hall–Kier alpha value is -1.09. The van der Waals surface area contributed by atoms with Gasteiger partial charge < -0.3 is 5.32 Å². The maximum absolute atomic E-state index is 4.53. The lowest BCUT2D eigenvalue weighted by molar-refractivity contribution is 0.513. The number of allylic oxidation sites excluding steroid dienone is 1. The Labute approximate surface area is 123 Å². The largest absolute Gasteiger partial charge is 0.305 e. The second kappa shape index (κ2) is 7.63. The standard InChI is InChI=1S/C17H29N3/c1-4-12-18-17(16-13-14(2)19-20(16)3)15-10-8-6-5-7-9-11-15/h10,13,17-18H,4-9,11-12H2,1-3H3. The van der Waals surface area contributed by atoms with Gasteiger partial charge in [0.05, 0.1) is 17.4 Å². The SMILES string of the molecule is CCCNC(C1=CCCCCCC1)c1cc(C)nn1C. The summed E-state index contributed by atoms with van der Waals surface area (Å²) in [5, 5.41) is 8.25. The summed E-state index contributed by atoms with van der Waals surface area (Å²) < 4.78 is 2.04. The summed E-state index contributed by atoms with van der Waals surface area (Å²) in [5.74, 6) is 0. The Bertz CT molecular complexity index is 445. The molecule has 0 amide bonds. The first-order chi connectivity index (χ1) is 9.72.